The second-order valence-corrected chi connectivity index (χ2v) is 8.95. The highest BCUT2D eigenvalue weighted by Crippen LogP contribution is 2.24. The first kappa shape index (κ1) is 26.1. The lowest BCUT2D eigenvalue weighted by atomic mass is 10.0. The largest absolute Gasteiger partial charge is 0.481 e. The Morgan fingerprint density at radius 2 is 1.85 bits per heavy atom. The molecular formula is C28H24N6O6. The number of benzene rings is 2. The molecule has 0 spiro atoms. The first-order chi connectivity index (χ1) is 19.3. The van der Waals surface area contributed by atoms with Crippen molar-refractivity contribution in [1.82, 2.24) is 20.4 Å². The van der Waals surface area contributed by atoms with Gasteiger partial charge in [-0.05, 0) is 54.4 Å². The van der Waals surface area contributed by atoms with E-state index in [2.05, 4.69) is 31.1 Å². The summed E-state index contributed by atoms with van der Waals surface area (Å²) in [4.78, 5) is 45.1. The van der Waals surface area contributed by atoms with Crippen LogP contribution >= 0.6 is 0 Å². The molecule has 4 N–H and O–H groups in total. The van der Waals surface area contributed by atoms with Gasteiger partial charge in [0.1, 0.15) is 17.1 Å². The number of hydrogen-bond acceptors (Lipinski definition) is 9. The molecule has 12 nitrogen and oxygen atoms in total. The molecular weight excluding hydrogens is 516 g/mol. The molecule has 12 heteroatoms. The Bertz CT molecular complexity index is 1660. The van der Waals surface area contributed by atoms with Gasteiger partial charge in [-0.2, -0.15) is 4.98 Å². The van der Waals surface area contributed by atoms with E-state index in [0.717, 1.165) is 5.56 Å². The van der Waals surface area contributed by atoms with Crippen molar-refractivity contribution in [2.45, 2.75) is 25.8 Å². The molecule has 0 radical (unpaired) electrons. The predicted molar refractivity (Wildman–Crippen MR) is 144 cm³/mol. The first-order valence-corrected chi connectivity index (χ1v) is 12.3. The van der Waals surface area contributed by atoms with E-state index in [1.54, 1.807) is 67.7 Å². The Kier molecular flexibility index (Phi) is 7.49. The summed E-state index contributed by atoms with van der Waals surface area (Å²) in [6, 6.07) is 18.3. The maximum Gasteiger partial charge on any atom is 0.305 e. The average molecular weight is 541 g/mol. The highest BCUT2D eigenvalue weighted by Gasteiger charge is 2.21. The third-order valence-corrected chi connectivity index (χ3v) is 5.86. The van der Waals surface area contributed by atoms with Crippen molar-refractivity contribution in [1.29, 1.82) is 0 Å². The maximum absolute atomic E-state index is 12.7. The fourth-order valence-electron chi connectivity index (χ4n) is 4.00. The molecule has 0 saturated carbocycles. The third-order valence-electron chi connectivity index (χ3n) is 5.86. The Morgan fingerprint density at radius 3 is 2.55 bits per heavy atom. The molecule has 0 aliphatic rings. The number of carboxylic acids is 1. The van der Waals surface area contributed by atoms with Gasteiger partial charge in [0.05, 0.1) is 18.9 Å². The number of nitrogens with zero attached hydrogens (tertiary/aromatic N) is 3. The van der Waals surface area contributed by atoms with Gasteiger partial charge in [-0.3, -0.25) is 19.7 Å². The van der Waals surface area contributed by atoms with Gasteiger partial charge < -0.3 is 24.7 Å². The van der Waals surface area contributed by atoms with Crippen LogP contribution in [0.5, 0.6) is 0 Å². The van der Waals surface area contributed by atoms with Crippen molar-refractivity contribution < 1.29 is 28.4 Å². The molecule has 0 aliphatic heterocycles. The Morgan fingerprint density at radius 1 is 1.02 bits per heavy atom. The molecule has 0 saturated heterocycles. The van der Waals surface area contributed by atoms with E-state index in [-0.39, 0.29) is 24.4 Å². The molecule has 3 heterocycles. The lowest BCUT2D eigenvalue weighted by Crippen LogP contribution is -2.30. The average Bonchev–Trinajstić information content (AvgIpc) is 3.54. The fourth-order valence-corrected chi connectivity index (χ4v) is 4.00. The summed E-state index contributed by atoms with van der Waals surface area (Å²) in [6.45, 7) is 1.65. The number of carbonyl (C=O) groups excluding carboxylic acids is 2. The number of aromatic nitrogens is 3. The van der Waals surface area contributed by atoms with Gasteiger partial charge in [0.15, 0.2) is 11.3 Å². The number of carboxylic acid groups (broad SMARTS) is 1. The number of nitrogens with one attached hydrogen (secondary N) is 3. The van der Waals surface area contributed by atoms with Crippen LogP contribution in [0.1, 0.15) is 39.8 Å². The minimum Gasteiger partial charge on any atom is -0.481 e. The first-order valence-electron chi connectivity index (χ1n) is 12.3. The van der Waals surface area contributed by atoms with Crippen molar-refractivity contribution in [2.75, 3.05) is 10.6 Å². The lowest BCUT2D eigenvalue weighted by Gasteiger charge is -2.17. The number of oxazole rings is 1. The number of aliphatic carboxylic acids is 1. The van der Waals surface area contributed by atoms with Gasteiger partial charge in [0.2, 0.25) is 5.91 Å². The molecule has 5 aromatic rings. The van der Waals surface area contributed by atoms with Crippen LogP contribution in [0.2, 0.25) is 0 Å². The van der Waals surface area contributed by atoms with Crippen molar-refractivity contribution in [3.8, 4) is 0 Å². The lowest BCUT2D eigenvalue weighted by molar-refractivity contribution is -0.137. The summed E-state index contributed by atoms with van der Waals surface area (Å²) in [5, 5.41) is 21.5. The quantitative estimate of drug-likeness (QED) is 0.199. The van der Waals surface area contributed by atoms with Crippen LogP contribution in [0.15, 0.2) is 81.9 Å². The van der Waals surface area contributed by atoms with Gasteiger partial charge in [0, 0.05) is 18.0 Å². The molecule has 0 bridgehead atoms. The number of amides is 2. The van der Waals surface area contributed by atoms with Gasteiger partial charge >= 0.3 is 12.0 Å². The van der Waals surface area contributed by atoms with Gasteiger partial charge in [0.25, 0.3) is 5.91 Å². The molecule has 1 atom stereocenters. The Balaban J connectivity index is 1.21. The van der Waals surface area contributed by atoms with Crippen LogP contribution in [0.3, 0.4) is 0 Å². The smallest absolute Gasteiger partial charge is 0.305 e. The summed E-state index contributed by atoms with van der Waals surface area (Å²) >= 11 is 0. The number of rotatable bonds is 10. The topological polar surface area (TPSA) is 172 Å². The van der Waals surface area contributed by atoms with Gasteiger partial charge in [-0.1, -0.05) is 29.4 Å². The van der Waals surface area contributed by atoms with Crippen LogP contribution < -0.4 is 16.0 Å². The zero-order chi connectivity index (χ0) is 28.1. The van der Waals surface area contributed by atoms with E-state index < -0.39 is 17.9 Å². The standard InChI is InChI=1S/C28H24N6O6/c1-16-12-22(34-40-16)27(38)31-21(15-26(36)37)18-6-8-19(9-7-18)30-25(35)14-17-5-10-20-23(13-17)39-28(32-20)33-24-4-2-3-11-29-24/h2-13,21H,14-15H2,1H3,(H,30,35)(H,31,38)(H,36,37)(H,29,32,33). The number of carbonyl (C=O) groups is 3. The number of pyridine rings is 1. The Labute approximate surface area is 227 Å². The number of aryl methyl sites for hydroxylation is 1. The highest BCUT2D eigenvalue weighted by molar-refractivity contribution is 5.93. The maximum atomic E-state index is 12.7. The van der Waals surface area contributed by atoms with E-state index in [9.17, 15) is 19.5 Å². The molecule has 1 unspecified atom stereocenters. The molecule has 0 fully saturated rings. The normalized spacial score (nSPS) is 11.6. The second kappa shape index (κ2) is 11.5. The van der Waals surface area contributed by atoms with E-state index in [4.69, 9.17) is 8.94 Å². The molecule has 2 amide bonds. The SMILES string of the molecule is Cc1cc(C(=O)NC(CC(=O)O)c2ccc(NC(=O)Cc3ccc4nc(Nc5ccccn5)oc4c3)cc2)no1. The molecule has 0 aliphatic carbocycles. The van der Waals surface area contributed by atoms with E-state index in [0.29, 0.717) is 39.9 Å². The van der Waals surface area contributed by atoms with E-state index in [1.807, 2.05) is 6.07 Å². The minimum atomic E-state index is -1.08. The summed E-state index contributed by atoms with van der Waals surface area (Å²) in [7, 11) is 0. The van der Waals surface area contributed by atoms with Gasteiger partial charge in [-0.25, -0.2) is 4.98 Å². The molecule has 2 aromatic carbocycles. The number of fused-ring (bicyclic) bond motifs is 1. The molecule has 202 valence electrons. The fraction of sp³-hybridized carbons (Fsp3) is 0.143. The minimum absolute atomic E-state index is 0.0565. The van der Waals surface area contributed by atoms with E-state index in [1.165, 1.54) is 6.07 Å². The zero-order valence-electron chi connectivity index (χ0n) is 21.2. The molecule has 40 heavy (non-hydrogen) atoms. The van der Waals surface area contributed by atoms with Crippen LogP contribution in [0.25, 0.3) is 11.1 Å². The van der Waals surface area contributed by atoms with Gasteiger partial charge in [-0.15, -0.1) is 0 Å². The summed E-state index contributed by atoms with van der Waals surface area (Å²) < 4.78 is 10.7. The number of anilines is 3. The van der Waals surface area contributed by atoms with Crippen molar-refractivity contribution in [3.05, 3.63) is 95.5 Å². The monoisotopic (exact) mass is 540 g/mol. The van der Waals surface area contributed by atoms with Crippen LogP contribution in [0.4, 0.5) is 17.5 Å². The van der Waals surface area contributed by atoms with Crippen LogP contribution in [0, 0.1) is 6.92 Å². The van der Waals surface area contributed by atoms with Crippen molar-refractivity contribution in [2.24, 2.45) is 0 Å². The summed E-state index contributed by atoms with van der Waals surface area (Å²) in [5.41, 5.74) is 3.03. The number of hydrogen-bond donors (Lipinski definition) is 4. The highest BCUT2D eigenvalue weighted by atomic mass is 16.5. The third kappa shape index (κ3) is 6.48. The summed E-state index contributed by atoms with van der Waals surface area (Å²) in [6.07, 6.45) is 1.41. The predicted octanol–water partition coefficient (Wildman–Crippen LogP) is 4.39. The summed E-state index contributed by atoms with van der Waals surface area (Å²) in [5.74, 6) is -0.828. The van der Waals surface area contributed by atoms with Crippen molar-refractivity contribution >= 4 is 46.4 Å². The molecule has 3 aromatic heterocycles. The van der Waals surface area contributed by atoms with Crippen LogP contribution in [-0.4, -0.2) is 38.0 Å². The Hall–Kier alpha value is -5.52. The van der Waals surface area contributed by atoms with Crippen LogP contribution in [-0.2, 0) is 16.0 Å². The molecule has 5 rings (SSSR count). The van der Waals surface area contributed by atoms with E-state index >= 15 is 0 Å². The zero-order valence-corrected chi connectivity index (χ0v) is 21.2. The second-order valence-electron chi connectivity index (χ2n) is 8.95. The van der Waals surface area contributed by atoms with Crippen molar-refractivity contribution in [3.63, 3.8) is 0 Å².